The minimum Gasteiger partial charge on any atom is -0.257 e. The molecule has 0 bridgehead atoms. The Labute approximate surface area is 136 Å². The lowest BCUT2D eigenvalue weighted by Crippen LogP contribution is -2.18. The molecule has 0 aromatic heterocycles. The van der Waals surface area contributed by atoms with Gasteiger partial charge in [-0.2, -0.15) is 5.10 Å². The van der Waals surface area contributed by atoms with Crippen LogP contribution in [0.3, 0.4) is 0 Å². The quantitative estimate of drug-likeness (QED) is 0.661. The molecule has 0 saturated heterocycles. The number of nitrogens with zero attached hydrogens (tertiary/aromatic N) is 2. The number of rotatable bonds is 3. The van der Waals surface area contributed by atoms with Gasteiger partial charge in [-0.3, -0.25) is 5.01 Å². The maximum Gasteiger partial charge on any atom is 0.0831 e. The van der Waals surface area contributed by atoms with E-state index in [4.69, 9.17) is 5.10 Å². The monoisotopic (exact) mass is 298 g/mol. The molecule has 0 saturated carbocycles. The fourth-order valence-electron chi connectivity index (χ4n) is 3.07. The van der Waals surface area contributed by atoms with E-state index < -0.39 is 0 Å². The van der Waals surface area contributed by atoms with Crippen LogP contribution in [0.1, 0.15) is 23.6 Å². The largest absolute Gasteiger partial charge is 0.257 e. The van der Waals surface area contributed by atoms with E-state index in [0.29, 0.717) is 0 Å². The van der Waals surface area contributed by atoms with Crippen LogP contribution in [0.5, 0.6) is 0 Å². The van der Waals surface area contributed by atoms with Gasteiger partial charge in [0.25, 0.3) is 0 Å². The van der Waals surface area contributed by atoms with E-state index in [2.05, 4.69) is 83.9 Å². The van der Waals surface area contributed by atoms with Crippen molar-refractivity contribution in [2.45, 2.75) is 12.5 Å². The van der Waals surface area contributed by atoms with Gasteiger partial charge in [-0.25, -0.2) is 0 Å². The van der Waals surface area contributed by atoms with Gasteiger partial charge in [0.15, 0.2) is 0 Å². The highest BCUT2D eigenvalue weighted by molar-refractivity contribution is 6.03. The van der Waals surface area contributed by atoms with Gasteiger partial charge in [0.1, 0.15) is 0 Å². The summed E-state index contributed by atoms with van der Waals surface area (Å²) in [4.78, 5) is 0. The average molecular weight is 298 g/mol. The molecule has 0 aliphatic carbocycles. The van der Waals surface area contributed by atoms with E-state index in [0.717, 1.165) is 17.8 Å². The molecule has 3 aromatic rings. The fourth-order valence-corrected chi connectivity index (χ4v) is 3.07. The van der Waals surface area contributed by atoms with Gasteiger partial charge >= 0.3 is 0 Å². The molecule has 1 atom stereocenters. The third kappa shape index (κ3) is 2.76. The van der Waals surface area contributed by atoms with Crippen molar-refractivity contribution >= 4 is 11.4 Å². The van der Waals surface area contributed by atoms with Crippen LogP contribution in [-0.2, 0) is 0 Å². The fraction of sp³-hybridized carbons (Fsp3) is 0.0952. The Hall–Kier alpha value is -2.87. The molecular formula is C21H18N2. The summed E-state index contributed by atoms with van der Waals surface area (Å²) in [5, 5.41) is 7.09. The highest BCUT2D eigenvalue weighted by Crippen LogP contribution is 2.36. The zero-order chi connectivity index (χ0) is 15.5. The minimum atomic E-state index is 0.244. The summed E-state index contributed by atoms with van der Waals surface area (Å²) < 4.78 is 0. The lowest BCUT2D eigenvalue weighted by atomic mass is 9.98. The molecular weight excluding hydrogens is 280 g/mol. The number of hydrazone groups is 1. The third-order valence-corrected chi connectivity index (χ3v) is 4.22. The van der Waals surface area contributed by atoms with E-state index in [-0.39, 0.29) is 6.04 Å². The molecule has 0 N–H and O–H groups in total. The molecule has 2 heteroatoms. The molecule has 0 fully saturated rings. The maximum atomic E-state index is 4.94. The summed E-state index contributed by atoms with van der Waals surface area (Å²) >= 11 is 0. The van der Waals surface area contributed by atoms with Crippen molar-refractivity contribution in [2.75, 3.05) is 5.01 Å². The first-order valence-electron chi connectivity index (χ1n) is 7.94. The second-order valence-electron chi connectivity index (χ2n) is 5.72. The molecule has 1 aliphatic rings. The first kappa shape index (κ1) is 13.8. The van der Waals surface area contributed by atoms with Crippen molar-refractivity contribution in [3.8, 4) is 0 Å². The Bertz CT molecular complexity index is 795. The van der Waals surface area contributed by atoms with E-state index >= 15 is 0 Å². The van der Waals surface area contributed by atoms with Crippen LogP contribution in [0.25, 0.3) is 0 Å². The minimum absolute atomic E-state index is 0.244. The van der Waals surface area contributed by atoms with Crippen molar-refractivity contribution in [1.29, 1.82) is 0 Å². The van der Waals surface area contributed by atoms with Crippen molar-refractivity contribution in [3.05, 3.63) is 102 Å². The highest BCUT2D eigenvalue weighted by Gasteiger charge is 2.29. The van der Waals surface area contributed by atoms with Crippen LogP contribution in [0.15, 0.2) is 96.1 Å². The van der Waals surface area contributed by atoms with Gasteiger partial charge in [0.05, 0.1) is 17.4 Å². The predicted molar refractivity (Wildman–Crippen MR) is 95.7 cm³/mol. The summed E-state index contributed by atoms with van der Waals surface area (Å²) in [5.41, 5.74) is 4.77. The first-order chi connectivity index (χ1) is 11.4. The molecule has 0 radical (unpaired) electrons. The summed E-state index contributed by atoms with van der Waals surface area (Å²) in [6, 6.07) is 31.7. The van der Waals surface area contributed by atoms with Crippen molar-refractivity contribution in [1.82, 2.24) is 0 Å². The van der Waals surface area contributed by atoms with Crippen LogP contribution in [0.2, 0.25) is 0 Å². The van der Waals surface area contributed by atoms with Crippen LogP contribution in [0, 0.1) is 0 Å². The standard InChI is InChI=1S/C21H18N2/c1-4-10-17(11-5-1)20-16-21(18-12-6-2-7-13-18)23(22-20)19-14-8-3-9-15-19/h1-15,21H,16H2/t21-/m1/s1. The van der Waals surface area contributed by atoms with E-state index in [1.165, 1.54) is 11.1 Å². The molecule has 112 valence electrons. The van der Waals surface area contributed by atoms with Gasteiger partial charge in [-0.05, 0) is 23.3 Å². The molecule has 0 amide bonds. The second kappa shape index (κ2) is 6.09. The van der Waals surface area contributed by atoms with Gasteiger partial charge in [-0.1, -0.05) is 78.9 Å². The SMILES string of the molecule is c1ccc(C2=NN(c3ccccc3)[C@@H](c3ccccc3)C2)cc1. The molecule has 23 heavy (non-hydrogen) atoms. The predicted octanol–water partition coefficient (Wildman–Crippen LogP) is 5.04. The smallest absolute Gasteiger partial charge is 0.0831 e. The van der Waals surface area contributed by atoms with Crippen molar-refractivity contribution in [2.24, 2.45) is 5.10 Å². The van der Waals surface area contributed by atoms with Gasteiger partial charge in [0, 0.05) is 6.42 Å². The second-order valence-corrected chi connectivity index (χ2v) is 5.72. The molecule has 1 heterocycles. The summed E-state index contributed by atoms with van der Waals surface area (Å²) in [6.07, 6.45) is 0.920. The highest BCUT2D eigenvalue weighted by atomic mass is 15.5. The van der Waals surface area contributed by atoms with Crippen LogP contribution < -0.4 is 5.01 Å². The molecule has 0 unspecified atom stereocenters. The van der Waals surface area contributed by atoms with Crippen LogP contribution >= 0.6 is 0 Å². The molecule has 2 nitrogen and oxygen atoms in total. The third-order valence-electron chi connectivity index (χ3n) is 4.22. The topological polar surface area (TPSA) is 15.6 Å². The normalized spacial score (nSPS) is 17.1. The Morgan fingerprint density at radius 3 is 1.91 bits per heavy atom. The van der Waals surface area contributed by atoms with E-state index in [9.17, 15) is 0 Å². The van der Waals surface area contributed by atoms with Crippen molar-refractivity contribution in [3.63, 3.8) is 0 Å². The molecule has 4 rings (SSSR count). The Kier molecular flexibility index (Phi) is 3.65. The van der Waals surface area contributed by atoms with Gasteiger partial charge in [-0.15, -0.1) is 0 Å². The number of hydrogen-bond acceptors (Lipinski definition) is 2. The number of anilines is 1. The van der Waals surface area contributed by atoms with Gasteiger partial charge in [0.2, 0.25) is 0 Å². The van der Waals surface area contributed by atoms with E-state index in [1.54, 1.807) is 0 Å². The summed E-state index contributed by atoms with van der Waals surface area (Å²) in [5.74, 6) is 0. The Morgan fingerprint density at radius 1 is 0.696 bits per heavy atom. The van der Waals surface area contributed by atoms with E-state index in [1.807, 2.05) is 12.1 Å². The van der Waals surface area contributed by atoms with Crippen molar-refractivity contribution < 1.29 is 0 Å². The Balaban J connectivity index is 1.75. The maximum absolute atomic E-state index is 4.94. The molecule has 3 aromatic carbocycles. The number of para-hydroxylation sites is 1. The zero-order valence-corrected chi connectivity index (χ0v) is 12.8. The lowest BCUT2D eigenvalue weighted by molar-refractivity contribution is 0.709. The lowest BCUT2D eigenvalue weighted by Gasteiger charge is -2.23. The van der Waals surface area contributed by atoms with Crippen LogP contribution in [-0.4, -0.2) is 5.71 Å². The zero-order valence-electron chi connectivity index (χ0n) is 12.8. The Morgan fingerprint density at radius 2 is 1.26 bits per heavy atom. The number of hydrogen-bond donors (Lipinski definition) is 0. The molecule has 1 aliphatic heterocycles. The number of benzene rings is 3. The average Bonchev–Trinajstić information content (AvgIpc) is 3.09. The summed E-state index contributed by atoms with van der Waals surface area (Å²) in [7, 11) is 0. The molecule has 0 spiro atoms. The van der Waals surface area contributed by atoms with Crippen LogP contribution in [0.4, 0.5) is 5.69 Å². The van der Waals surface area contributed by atoms with Gasteiger partial charge < -0.3 is 0 Å². The summed E-state index contributed by atoms with van der Waals surface area (Å²) in [6.45, 7) is 0. The first-order valence-corrected chi connectivity index (χ1v) is 7.94.